The third kappa shape index (κ3) is 4.06. The maximum absolute atomic E-state index is 12.1. The molecule has 23 heavy (non-hydrogen) atoms. The minimum atomic E-state index is -0.0803. The number of amides is 1. The first-order chi connectivity index (χ1) is 11.0. The Morgan fingerprint density at radius 3 is 2.96 bits per heavy atom. The second-order valence-electron chi connectivity index (χ2n) is 5.81. The van der Waals surface area contributed by atoms with Crippen LogP contribution in [0.3, 0.4) is 0 Å². The molecule has 0 spiro atoms. The topological polar surface area (TPSA) is 59.8 Å². The first-order valence-corrected chi connectivity index (χ1v) is 8.98. The number of carbonyl (C=O) groups excluding carboxylic acids is 1. The number of halogens is 1. The van der Waals surface area contributed by atoms with Crippen molar-refractivity contribution in [2.75, 3.05) is 5.75 Å². The van der Waals surface area contributed by atoms with E-state index in [4.69, 9.17) is 11.6 Å². The van der Waals surface area contributed by atoms with Crippen LogP contribution in [0, 0.1) is 0 Å². The molecule has 3 rings (SSSR count). The highest BCUT2D eigenvalue weighted by Gasteiger charge is 2.29. The van der Waals surface area contributed by atoms with Gasteiger partial charge in [0, 0.05) is 18.0 Å². The van der Waals surface area contributed by atoms with E-state index in [-0.39, 0.29) is 11.9 Å². The normalized spacial score (nSPS) is 15.4. The van der Waals surface area contributed by atoms with Gasteiger partial charge in [-0.2, -0.15) is 0 Å². The molecule has 1 atom stereocenters. The van der Waals surface area contributed by atoms with Crippen LogP contribution < -0.4 is 5.32 Å². The molecule has 1 aliphatic carbocycles. The molecule has 122 valence electrons. The fourth-order valence-electron chi connectivity index (χ4n) is 2.42. The lowest BCUT2D eigenvalue weighted by atomic mass is 10.1. The zero-order valence-corrected chi connectivity index (χ0v) is 14.7. The van der Waals surface area contributed by atoms with Crippen molar-refractivity contribution >= 4 is 29.3 Å². The van der Waals surface area contributed by atoms with E-state index in [2.05, 4.69) is 15.5 Å². The molecular formula is C16H19ClN4OS. The van der Waals surface area contributed by atoms with E-state index < -0.39 is 0 Å². The Hall–Kier alpha value is -1.53. The number of nitrogens with one attached hydrogen (secondary N) is 1. The van der Waals surface area contributed by atoms with Crippen molar-refractivity contribution in [3.05, 3.63) is 40.7 Å². The summed E-state index contributed by atoms with van der Waals surface area (Å²) in [5, 5.41) is 12.8. The molecule has 0 saturated heterocycles. The fourth-order valence-corrected chi connectivity index (χ4v) is 3.35. The van der Waals surface area contributed by atoms with Gasteiger partial charge >= 0.3 is 0 Å². The van der Waals surface area contributed by atoms with Gasteiger partial charge in [0.1, 0.15) is 5.82 Å². The maximum atomic E-state index is 12.1. The van der Waals surface area contributed by atoms with Crippen molar-refractivity contribution in [3.63, 3.8) is 0 Å². The van der Waals surface area contributed by atoms with Crippen LogP contribution in [-0.2, 0) is 11.8 Å². The van der Waals surface area contributed by atoms with Crippen LogP contribution in [0.4, 0.5) is 0 Å². The number of benzene rings is 1. The third-order valence-electron chi connectivity index (χ3n) is 3.87. The van der Waals surface area contributed by atoms with Crippen LogP contribution in [0.1, 0.15) is 43.1 Å². The average molecular weight is 351 g/mol. The summed E-state index contributed by atoms with van der Waals surface area (Å²) in [5.74, 6) is 1.87. The molecule has 1 amide bonds. The van der Waals surface area contributed by atoms with Crippen molar-refractivity contribution in [3.8, 4) is 0 Å². The summed E-state index contributed by atoms with van der Waals surface area (Å²) >= 11 is 7.39. The van der Waals surface area contributed by atoms with E-state index in [1.54, 1.807) is 0 Å². The average Bonchev–Trinajstić information content (AvgIpc) is 3.29. The first-order valence-electron chi connectivity index (χ1n) is 7.61. The van der Waals surface area contributed by atoms with Crippen molar-refractivity contribution in [1.29, 1.82) is 0 Å². The van der Waals surface area contributed by atoms with Gasteiger partial charge in [-0.15, -0.1) is 10.2 Å². The number of rotatable bonds is 6. The molecule has 1 fully saturated rings. The number of nitrogens with zero attached hydrogens (tertiary/aromatic N) is 3. The molecule has 1 aromatic heterocycles. The highest BCUT2D eigenvalue weighted by atomic mass is 35.5. The van der Waals surface area contributed by atoms with Crippen molar-refractivity contribution in [2.24, 2.45) is 7.05 Å². The lowest BCUT2D eigenvalue weighted by molar-refractivity contribution is -0.119. The molecule has 1 aliphatic rings. The number of thioether (sulfide) groups is 1. The van der Waals surface area contributed by atoms with Crippen LogP contribution in [0.15, 0.2) is 29.4 Å². The minimum Gasteiger partial charge on any atom is -0.349 e. The zero-order chi connectivity index (χ0) is 16.4. The Kier molecular flexibility index (Phi) is 4.92. The number of carbonyl (C=O) groups is 1. The van der Waals surface area contributed by atoms with Crippen molar-refractivity contribution < 1.29 is 4.79 Å². The predicted molar refractivity (Wildman–Crippen MR) is 91.7 cm³/mol. The minimum absolute atomic E-state index is 0.0292. The second kappa shape index (κ2) is 6.93. The van der Waals surface area contributed by atoms with E-state index >= 15 is 0 Å². The lowest BCUT2D eigenvalue weighted by Crippen LogP contribution is -2.28. The van der Waals surface area contributed by atoms with E-state index in [0.29, 0.717) is 16.7 Å². The Morgan fingerprint density at radius 1 is 1.48 bits per heavy atom. The van der Waals surface area contributed by atoms with Gasteiger partial charge in [-0.05, 0) is 37.5 Å². The molecule has 2 aromatic rings. The molecule has 0 aliphatic heterocycles. The Bertz CT molecular complexity index is 714. The molecule has 0 unspecified atom stereocenters. The third-order valence-corrected chi connectivity index (χ3v) is 5.12. The summed E-state index contributed by atoms with van der Waals surface area (Å²) in [6.07, 6.45) is 2.38. The monoisotopic (exact) mass is 350 g/mol. The SMILES string of the molecule is C[C@H](NC(=O)CSc1nnc(C2CC2)n1C)c1cccc(Cl)c1. The summed E-state index contributed by atoms with van der Waals surface area (Å²) in [4.78, 5) is 12.1. The molecule has 0 bridgehead atoms. The van der Waals surface area contributed by atoms with Crippen LogP contribution in [0.5, 0.6) is 0 Å². The first kappa shape index (κ1) is 16.3. The molecule has 1 saturated carbocycles. The van der Waals surface area contributed by atoms with Gasteiger partial charge in [-0.25, -0.2) is 0 Å². The Morgan fingerprint density at radius 2 is 2.26 bits per heavy atom. The maximum Gasteiger partial charge on any atom is 0.230 e. The van der Waals surface area contributed by atoms with Crippen molar-refractivity contribution in [2.45, 2.75) is 36.9 Å². The van der Waals surface area contributed by atoms with E-state index in [0.717, 1.165) is 16.5 Å². The Balaban J connectivity index is 1.53. The summed E-state index contributed by atoms with van der Waals surface area (Å²) < 4.78 is 2.00. The number of hydrogen-bond acceptors (Lipinski definition) is 4. The van der Waals surface area contributed by atoms with Gasteiger partial charge in [0.05, 0.1) is 11.8 Å². The molecule has 7 heteroatoms. The molecule has 1 heterocycles. The fraction of sp³-hybridized carbons (Fsp3) is 0.438. The van der Waals surface area contributed by atoms with Crippen molar-refractivity contribution in [1.82, 2.24) is 20.1 Å². The lowest BCUT2D eigenvalue weighted by Gasteiger charge is -2.14. The molecule has 1 aromatic carbocycles. The van der Waals surface area contributed by atoms with Crippen LogP contribution in [0.2, 0.25) is 5.02 Å². The van der Waals surface area contributed by atoms with E-state index in [1.807, 2.05) is 42.8 Å². The summed E-state index contributed by atoms with van der Waals surface area (Å²) in [7, 11) is 1.96. The van der Waals surface area contributed by atoms with E-state index in [9.17, 15) is 4.79 Å². The summed E-state index contributed by atoms with van der Waals surface area (Å²) in [6.45, 7) is 1.95. The standard InChI is InChI=1S/C16H19ClN4OS/c1-10(12-4-3-5-13(17)8-12)18-14(22)9-23-16-20-19-15(21(16)2)11-6-7-11/h3-5,8,10-11H,6-7,9H2,1-2H3,(H,18,22)/t10-/m0/s1. The van der Waals surface area contributed by atoms with Gasteiger partial charge in [0.2, 0.25) is 5.91 Å². The summed E-state index contributed by atoms with van der Waals surface area (Å²) in [5.41, 5.74) is 0.991. The molecule has 0 radical (unpaired) electrons. The zero-order valence-electron chi connectivity index (χ0n) is 13.1. The van der Waals surface area contributed by atoms with Crippen LogP contribution in [-0.4, -0.2) is 26.4 Å². The van der Waals surface area contributed by atoms with Gasteiger partial charge in [0.25, 0.3) is 0 Å². The van der Waals surface area contributed by atoms with Crippen LogP contribution >= 0.6 is 23.4 Å². The molecular weight excluding hydrogens is 332 g/mol. The van der Waals surface area contributed by atoms with Gasteiger partial charge in [-0.1, -0.05) is 35.5 Å². The van der Waals surface area contributed by atoms with Gasteiger partial charge in [0.15, 0.2) is 5.16 Å². The number of aromatic nitrogens is 3. The van der Waals surface area contributed by atoms with E-state index in [1.165, 1.54) is 24.6 Å². The van der Waals surface area contributed by atoms with Gasteiger partial charge < -0.3 is 9.88 Å². The predicted octanol–water partition coefficient (Wildman–Crippen LogP) is 3.32. The number of hydrogen-bond donors (Lipinski definition) is 1. The molecule has 5 nitrogen and oxygen atoms in total. The smallest absolute Gasteiger partial charge is 0.230 e. The highest BCUT2D eigenvalue weighted by Crippen LogP contribution is 2.39. The second-order valence-corrected chi connectivity index (χ2v) is 7.19. The molecule has 1 N–H and O–H groups in total. The quantitative estimate of drug-likeness (QED) is 0.812. The Labute approximate surface area is 144 Å². The highest BCUT2D eigenvalue weighted by molar-refractivity contribution is 7.99. The summed E-state index contributed by atoms with van der Waals surface area (Å²) in [6, 6.07) is 7.44. The largest absolute Gasteiger partial charge is 0.349 e. The van der Waals surface area contributed by atoms with Gasteiger partial charge in [-0.3, -0.25) is 4.79 Å². The van der Waals surface area contributed by atoms with Crippen LogP contribution in [0.25, 0.3) is 0 Å².